The number of nitrogens with zero attached hydrogens (tertiary/aromatic N) is 2. The fourth-order valence-corrected chi connectivity index (χ4v) is 3.63. The largest absolute Gasteiger partial charge is 0.494 e. The topological polar surface area (TPSA) is 70.4 Å². The molecule has 0 radical (unpaired) electrons. The van der Waals surface area contributed by atoms with Crippen molar-refractivity contribution in [2.24, 2.45) is 4.99 Å². The van der Waals surface area contributed by atoms with Crippen molar-refractivity contribution in [2.45, 2.75) is 25.8 Å². The summed E-state index contributed by atoms with van der Waals surface area (Å²) < 4.78 is 1.67. The summed E-state index contributed by atoms with van der Waals surface area (Å²) in [5, 5.41) is 10.6. The first-order chi connectivity index (χ1) is 13.1. The second-order valence-corrected chi connectivity index (χ2v) is 7.02. The normalized spacial score (nSPS) is 13.2. The fraction of sp³-hybridized carbons (Fsp3) is 0.190. The standard InChI is InChI=1S/C21H19N3O2S/c25-19-18(12-22-17-10-9-15-7-4-8-16(15)11-17)20(26)24(21(27)23-19)13-14-5-2-1-3-6-14/h1-3,5-6,9-12,26H,4,7-8,13H2,(H,23,25,27). The van der Waals surface area contributed by atoms with E-state index in [0.29, 0.717) is 6.54 Å². The van der Waals surface area contributed by atoms with Gasteiger partial charge in [0.2, 0.25) is 5.88 Å². The van der Waals surface area contributed by atoms with E-state index < -0.39 is 5.56 Å². The van der Waals surface area contributed by atoms with E-state index >= 15 is 0 Å². The molecule has 0 saturated heterocycles. The van der Waals surface area contributed by atoms with Gasteiger partial charge in [0.15, 0.2) is 4.77 Å². The van der Waals surface area contributed by atoms with Crippen LogP contribution in [0.4, 0.5) is 5.69 Å². The number of benzene rings is 2. The maximum atomic E-state index is 12.3. The molecule has 4 rings (SSSR count). The summed E-state index contributed by atoms with van der Waals surface area (Å²) in [5.41, 5.74) is 4.06. The van der Waals surface area contributed by atoms with Gasteiger partial charge in [0.05, 0.1) is 12.2 Å². The fourth-order valence-electron chi connectivity index (χ4n) is 3.38. The predicted octanol–water partition coefficient (Wildman–Crippen LogP) is 3.90. The summed E-state index contributed by atoms with van der Waals surface area (Å²) in [7, 11) is 0. The van der Waals surface area contributed by atoms with Gasteiger partial charge < -0.3 is 5.11 Å². The monoisotopic (exact) mass is 377 g/mol. The lowest BCUT2D eigenvalue weighted by atomic mass is 10.1. The van der Waals surface area contributed by atoms with Crippen molar-refractivity contribution in [2.75, 3.05) is 0 Å². The van der Waals surface area contributed by atoms with Crippen LogP contribution in [0.1, 0.15) is 28.7 Å². The zero-order chi connectivity index (χ0) is 18.8. The van der Waals surface area contributed by atoms with Gasteiger partial charge in [-0.3, -0.25) is 19.3 Å². The number of aryl methyl sites for hydroxylation is 2. The lowest BCUT2D eigenvalue weighted by molar-refractivity contribution is 0.412. The zero-order valence-corrected chi connectivity index (χ0v) is 15.5. The number of aromatic amines is 1. The highest BCUT2D eigenvalue weighted by molar-refractivity contribution is 7.71. The molecule has 1 aliphatic carbocycles. The molecule has 0 saturated carbocycles. The first kappa shape index (κ1) is 17.4. The Kier molecular flexibility index (Phi) is 4.73. The van der Waals surface area contributed by atoms with Crippen LogP contribution in [0.5, 0.6) is 5.88 Å². The van der Waals surface area contributed by atoms with Gasteiger partial charge in [0.1, 0.15) is 5.56 Å². The van der Waals surface area contributed by atoms with E-state index in [0.717, 1.165) is 24.1 Å². The average molecular weight is 377 g/mol. The van der Waals surface area contributed by atoms with Crippen molar-refractivity contribution in [3.63, 3.8) is 0 Å². The van der Waals surface area contributed by atoms with E-state index in [1.54, 1.807) is 0 Å². The van der Waals surface area contributed by atoms with Crippen molar-refractivity contribution in [3.05, 3.63) is 85.9 Å². The molecule has 1 aromatic heterocycles. The summed E-state index contributed by atoms with van der Waals surface area (Å²) in [5.74, 6) is -0.183. The Bertz CT molecular complexity index is 1130. The van der Waals surface area contributed by atoms with Gasteiger partial charge >= 0.3 is 0 Å². The molecule has 2 N–H and O–H groups in total. The highest BCUT2D eigenvalue weighted by atomic mass is 32.1. The number of aromatic hydroxyl groups is 1. The Morgan fingerprint density at radius 3 is 2.74 bits per heavy atom. The van der Waals surface area contributed by atoms with E-state index in [4.69, 9.17) is 12.2 Å². The van der Waals surface area contributed by atoms with Crippen LogP contribution < -0.4 is 5.56 Å². The Hall–Kier alpha value is -2.99. The summed E-state index contributed by atoms with van der Waals surface area (Å²) in [6, 6.07) is 15.7. The minimum absolute atomic E-state index is 0.0972. The molecular weight excluding hydrogens is 358 g/mol. The molecule has 0 bridgehead atoms. The number of hydrogen-bond acceptors (Lipinski definition) is 4. The van der Waals surface area contributed by atoms with Gasteiger partial charge in [-0.2, -0.15) is 0 Å². The van der Waals surface area contributed by atoms with Crippen molar-refractivity contribution >= 4 is 24.1 Å². The number of hydrogen-bond donors (Lipinski definition) is 2. The molecule has 2 aromatic carbocycles. The van der Waals surface area contributed by atoms with Crippen LogP contribution in [-0.2, 0) is 19.4 Å². The van der Waals surface area contributed by atoms with Gasteiger partial charge in [0.25, 0.3) is 5.56 Å². The molecule has 0 amide bonds. The Morgan fingerprint density at radius 2 is 1.93 bits per heavy atom. The highest BCUT2D eigenvalue weighted by Crippen LogP contribution is 2.26. The first-order valence-electron chi connectivity index (χ1n) is 8.88. The van der Waals surface area contributed by atoms with Crippen molar-refractivity contribution in [1.29, 1.82) is 0 Å². The summed E-state index contributed by atoms with van der Waals surface area (Å²) in [6.45, 7) is 0.363. The molecule has 0 atom stereocenters. The van der Waals surface area contributed by atoms with E-state index in [1.807, 2.05) is 42.5 Å². The molecular formula is C21H19N3O2S. The molecule has 6 heteroatoms. The lowest BCUT2D eigenvalue weighted by Crippen LogP contribution is -2.19. The van der Waals surface area contributed by atoms with Crippen LogP contribution in [0, 0.1) is 4.77 Å². The third-order valence-corrected chi connectivity index (χ3v) is 5.14. The SMILES string of the molecule is O=c1[nH]c(=S)n(Cc2ccccc2)c(O)c1C=Nc1ccc2c(c1)CCC2. The van der Waals surface area contributed by atoms with Gasteiger partial charge in [-0.25, -0.2) is 0 Å². The number of nitrogens with one attached hydrogen (secondary N) is 1. The number of H-pyrrole nitrogens is 1. The van der Waals surface area contributed by atoms with E-state index in [-0.39, 0.29) is 16.2 Å². The van der Waals surface area contributed by atoms with Gasteiger partial charge in [-0.15, -0.1) is 0 Å². The summed E-state index contributed by atoms with van der Waals surface area (Å²) in [6.07, 6.45) is 4.75. The average Bonchev–Trinajstić information content (AvgIpc) is 3.13. The van der Waals surface area contributed by atoms with Crippen LogP contribution in [-0.4, -0.2) is 20.9 Å². The summed E-state index contributed by atoms with van der Waals surface area (Å²) in [4.78, 5) is 19.3. The van der Waals surface area contributed by atoms with Crippen molar-refractivity contribution < 1.29 is 5.11 Å². The third-order valence-electron chi connectivity index (χ3n) is 4.82. The van der Waals surface area contributed by atoms with Gasteiger partial charge in [-0.05, 0) is 60.3 Å². The van der Waals surface area contributed by atoms with E-state index in [1.165, 1.54) is 28.3 Å². The highest BCUT2D eigenvalue weighted by Gasteiger charge is 2.13. The van der Waals surface area contributed by atoms with Crippen LogP contribution in [0.15, 0.2) is 58.3 Å². The second kappa shape index (κ2) is 7.32. The van der Waals surface area contributed by atoms with Crippen molar-refractivity contribution in [1.82, 2.24) is 9.55 Å². The molecule has 0 fully saturated rings. The van der Waals surface area contributed by atoms with Gasteiger partial charge in [-0.1, -0.05) is 36.4 Å². The number of rotatable bonds is 4. The molecule has 5 nitrogen and oxygen atoms in total. The van der Waals surface area contributed by atoms with Crippen LogP contribution in [0.2, 0.25) is 0 Å². The number of aromatic nitrogens is 2. The van der Waals surface area contributed by atoms with Crippen LogP contribution in [0.25, 0.3) is 0 Å². The maximum absolute atomic E-state index is 12.3. The van der Waals surface area contributed by atoms with Crippen molar-refractivity contribution in [3.8, 4) is 5.88 Å². The lowest BCUT2D eigenvalue weighted by Gasteiger charge is -2.11. The number of aliphatic imine (C=N–C) groups is 1. The minimum atomic E-state index is -0.452. The molecule has 1 aliphatic rings. The Morgan fingerprint density at radius 1 is 1.15 bits per heavy atom. The minimum Gasteiger partial charge on any atom is -0.494 e. The molecule has 1 heterocycles. The Balaban J connectivity index is 1.69. The van der Waals surface area contributed by atoms with E-state index in [9.17, 15) is 9.90 Å². The second-order valence-electron chi connectivity index (χ2n) is 6.63. The molecule has 0 unspecified atom stereocenters. The Labute approximate surface area is 161 Å². The third kappa shape index (κ3) is 3.61. The smallest absolute Gasteiger partial charge is 0.264 e. The quantitative estimate of drug-likeness (QED) is 0.535. The zero-order valence-electron chi connectivity index (χ0n) is 14.7. The maximum Gasteiger partial charge on any atom is 0.264 e. The molecule has 0 aliphatic heterocycles. The van der Waals surface area contributed by atoms with Gasteiger partial charge in [0, 0.05) is 6.21 Å². The molecule has 3 aromatic rings. The molecule has 0 spiro atoms. The molecule has 136 valence electrons. The molecule has 27 heavy (non-hydrogen) atoms. The van der Waals surface area contributed by atoms with Crippen LogP contribution in [0.3, 0.4) is 0 Å². The first-order valence-corrected chi connectivity index (χ1v) is 9.28. The number of fused-ring (bicyclic) bond motifs is 1. The van der Waals surface area contributed by atoms with E-state index in [2.05, 4.69) is 16.0 Å². The predicted molar refractivity (Wildman–Crippen MR) is 109 cm³/mol. The van der Waals surface area contributed by atoms with Crippen LogP contribution >= 0.6 is 12.2 Å². The summed E-state index contributed by atoms with van der Waals surface area (Å²) >= 11 is 5.22.